The number of hydrogen-bond donors (Lipinski definition) is 2. The average molecular weight is 276 g/mol. The molecule has 1 aromatic rings. The first-order valence-electron chi connectivity index (χ1n) is 7.35. The Bertz CT molecular complexity index is 475. The summed E-state index contributed by atoms with van der Waals surface area (Å²) in [5.74, 6) is 0.642. The summed E-state index contributed by atoms with van der Waals surface area (Å²) >= 11 is 0. The first kappa shape index (κ1) is 14.8. The third-order valence-corrected chi connectivity index (χ3v) is 3.72. The number of aryl methyl sites for hydroxylation is 1. The van der Waals surface area contributed by atoms with Crippen molar-refractivity contribution in [2.75, 3.05) is 18.0 Å². The van der Waals surface area contributed by atoms with E-state index >= 15 is 0 Å². The van der Waals surface area contributed by atoms with Crippen LogP contribution in [0.25, 0.3) is 0 Å². The minimum absolute atomic E-state index is 0.203. The molecule has 1 aliphatic rings. The van der Waals surface area contributed by atoms with Crippen molar-refractivity contribution in [1.29, 1.82) is 0 Å². The maximum Gasteiger partial charge on any atom is 0.240 e. The van der Waals surface area contributed by atoms with Gasteiger partial charge in [0.05, 0.1) is 0 Å². The standard InChI is InChI=1S/C15H24N4O/c1-3-6-17-9-12-8-11(2)15(18-10-12)19-7-4-5-13(19)14(16)20/h8,10,13,17H,3-7,9H2,1-2H3,(H2,16,20). The number of nitrogens with two attached hydrogens (primary N) is 1. The summed E-state index contributed by atoms with van der Waals surface area (Å²) in [5, 5.41) is 3.37. The second kappa shape index (κ2) is 6.70. The number of carbonyl (C=O) groups excluding carboxylic acids is 1. The van der Waals surface area contributed by atoms with Crippen LogP contribution in [0.3, 0.4) is 0 Å². The van der Waals surface area contributed by atoms with Gasteiger partial charge in [-0.15, -0.1) is 0 Å². The molecular weight excluding hydrogens is 252 g/mol. The largest absolute Gasteiger partial charge is 0.368 e. The minimum atomic E-state index is -0.252. The van der Waals surface area contributed by atoms with Crippen molar-refractivity contribution in [3.05, 3.63) is 23.4 Å². The van der Waals surface area contributed by atoms with E-state index in [0.29, 0.717) is 0 Å². The van der Waals surface area contributed by atoms with E-state index in [1.807, 2.05) is 18.0 Å². The van der Waals surface area contributed by atoms with Crippen molar-refractivity contribution in [2.45, 2.75) is 45.7 Å². The molecule has 20 heavy (non-hydrogen) atoms. The van der Waals surface area contributed by atoms with E-state index in [0.717, 1.165) is 50.3 Å². The monoisotopic (exact) mass is 276 g/mol. The van der Waals surface area contributed by atoms with Gasteiger partial charge < -0.3 is 16.0 Å². The Morgan fingerprint density at radius 2 is 2.40 bits per heavy atom. The van der Waals surface area contributed by atoms with Crippen LogP contribution in [0.1, 0.15) is 37.3 Å². The summed E-state index contributed by atoms with van der Waals surface area (Å²) in [7, 11) is 0. The highest BCUT2D eigenvalue weighted by atomic mass is 16.1. The zero-order valence-corrected chi connectivity index (χ0v) is 12.4. The van der Waals surface area contributed by atoms with Crippen LogP contribution in [0.4, 0.5) is 5.82 Å². The first-order valence-corrected chi connectivity index (χ1v) is 7.35. The highest BCUT2D eigenvalue weighted by Crippen LogP contribution is 2.26. The van der Waals surface area contributed by atoms with Crippen molar-refractivity contribution in [3.63, 3.8) is 0 Å². The smallest absolute Gasteiger partial charge is 0.240 e. The molecule has 1 aromatic heterocycles. The predicted octanol–water partition coefficient (Wildman–Crippen LogP) is 1.34. The van der Waals surface area contributed by atoms with Gasteiger partial charge in [0.15, 0.2) is 0 Å². The molecule has 1 unspecified atom stereocenters. The molecule has 2 rings (SSSR count). The van der Waals surface area contributed by atoms with Crippen LogP contribution in [0.15, 0.2) is 12.3 Å². The van der Waals surface area contributed by atoms with E-state index < -0.39 is 0 Å². The summed E-state index contributed by atoms with van der Waals surface area (Å²) in [6, 6.07) is 1.94. The zero-order chi connectivity index (χ0) is 14.5. The van der Waals surface area contributed by atoms with Gasteiger partial charge in [-0.05, 0) is 49.9 Å². The molecule has 0 aliphatic carbocycles. The second-order valence-electron chi connectivity index (χ2n) is 5.41. The van der Waals surface area contributed by atoms with Crippen LogP contribution in [0.5, 0.6) is 0 Å². The molecule has 0 saturated carbocycles. The van der Waals surface area contributed by atoms with Crippen LogP contribution in [0, 0.1) is 6.92 Å². The fourth-order valence-corrected chi connectivity index (χ4v) is 2.75. The summed E-state index contributed by atoms with van der Waals surface area (Å²) in [5.41, 5.74) is 7.75. The number of nitrogens with one attached hydrogen (secondary N) is 1. The molecule has 1 fully saturated rings. The van der Waals surface area contributed by atoms with E-state index in [9.17, 15) is 4.79 Å². The van der Waals surface area contributed by atoms with Gasteiger partial charge in [0.2, 0.25) is 5.91 Å². The number of amides is 1. The fraction of sp³-hybridized carbons (Fsp3) is 0.600. The maximum atomic E-state index is 11.5. The Morgan fingerprint density at radius 1 is 1.60 bits per heavy atom. The van der Waals surface area contributed by atoms with E-state index in [1.54, 1.807) is 0 Å². The van der Waals surface area contributed by atoms with Crippen LogP contribution in [0.2, 0.25) is 0 Å². The Labute approximate surface area is 120 Å². The average Bonchev–Trinajstić information content (AvgIpc) is 2.88. The quantitative estimate of drug-likeness (QED) is 0.769. The molecule has 5 heteroatoms. The SMILES string of the molecule is CCCNCc1cnc(N2CCCC2C(N)=O)c(C)c1. The lowest BCUT2D eigenvalue weighted by atomic mass is 10.1. The second-order valence-corrected chi connectivity index (χ2v) is 5.41. The number of rotatable bonds is 6. The molecule has 1 atom stereocenters. The van der Waals surface area contributed by atoms with Crippen molar-refractivity contribution >= 4 is 11.7 Å². The third-order valence-electron chi connectivity index (χ3n) is 3.72. The number of anilines is 1. The molecule has 5 nitrogen and oxygen atoms in total. The van der Waals surface area contributed by atoms with Gasteiger partial charge in [-0.25, -0.2) is 4.98 Å². The van der Waals surface area contributed by atoms with E-state index in [-0.39, 0.29) is 11.9 Å². The van der Waals surface area contributed by atoms with Crippen molar-refractivity contribution in [1.82, 2.24) is 10.3 Å². The predicted molar refractivity (Wildman–Crippen MR) is 80.5 cm³/mol. The highest BCUT2D eigenvalue weighted by molar-refractivity contribution is 5.84. The van der Waals surface area contributed by atoms with Crippen LogP contribution < -0.4 is 16.0 Å². The summed E-state index contributed by atoms with van der Waals surface area (Å²) < 4.78 is 0. The van der Waals surface area contributed by atoms with Gasteiger partial charge in [-0.2, -0.15) is 0 Å². The number of carbonyl (C=O) groups is 1. The van der Waals surface area contributed by atoms with Crippen molar-refractivity contribution < 1.29 is 4.79 Å². The summed E-state index contributed by atoms with van der Waals surface area (Å²) in [6.45, 7) is 6.89. The van der Waals surface area contributed by atoms with E-state index in [4.69, 9.17) is 5.73 Å². The Balaban J connectivity index is 2.11. The molecule has 0 spiro atoms. The molecule has 1 amide bonds. The molecule has 0 aromatic carbocycles. The van der Waals surface area contributed by atoms with Crippen LogP contribution in [-0.2, 0) is 11.3 Å². The third kappa shape index (κ3) is 3.28. The van der Waals surface area contributed by atoms with Gasteiger partial charge in [0.25, 0.3) is 0 Å². The van der Waals surface area contributed by atoms with Crippen LogP contribution in [-0.4, -0.2) is 30.0 Å². The minimum Gasteiger partial charge on any atom is -0.368 e. The zero-order valence-electron chi connectivity index (χ0n) is 12.4. The molecule has 2 heterocycles. The number of primary amides is 1. The summed E-state index contributed by atoms with van der Waals surface area (Å²) in [4.78, 5) is 18.1. The van der Waals surface area contributed by atoms with Crippen molar-refractivity contribution in [3.8, 4) is 0 Å². The van der Waals surface area contributed by atoms with Crippen LogP contribution >= 0.6 is 0 Å². The lowest BCUT2D eigenvalue weighted by molar-refractivity contribution is -0.119. The molecule has 110 valence electrons. The number of aromatic nitrogens is 1. The number of nitrogens with zero attached hydrogens (tertiary/aromatic N) is 2. The maximum absolute atomic E-state index is 11.5. The molecule has 0 bridgehead atoms. The molecule has 1 saturated heterocycles. The lowest BCUT2D eigenvalue weighted by Gasteiger charge is -2.25. The van der Waals surface area contributed by atoms with Gasteiger partial charge in [0, 0.05) is 19.3 Å². The first-order chi connectivity index (χ1) is 9.63. The summed E-state index contributed by atoms with van der Waals surface area (Å²) in [6.07, 6.45) is 4.84. The Hall–Kier alpha value is -1.62. The van der Waals surface area contributed by atoms with Gasteiger partial charge in [0.1, 0.15) is 11.9 Å². The normalized spacial score (nSPS) is 18.5. The molecule has 1 aliphatic heterocycles. The molecular formula is C15H24N4O. The number of pyridine rings is 1. The van der Waals surface area contributed by atoms with Gasteiger partial charge in [-0.1, -0.05) is 6.92 Å². The van der Waals surface area contributed by atoms with Gasteiger partial charge >= 0.3 is 0 Å². The number of hydrogen-bond acceptors (Lipinski definition) is 4. The highest BCUT2D eigenvalue weighted by Gasteiger charge is 2.30. The van der Waals surface area contributed by atoms with Gasteiger partial charge in [-0.3, -0.25) is 4.79 Å². The fourth-order valence-electron chi connectivity index (χ4n) is 2.75. The van der Waals surface area contributed by atoms with E-state index in [1.165, 1.54) is 5.56 Å². The molecule has 0 radical (unpaired) electrons. The topological polar surface area (TPSA) is 71.2 Å². The van der Waals surface area contributed by atoms with Crippen molar-refractivity contribution in [2.24, 2.45) is 5.73 Å². The van der Waals surface area contributed by atoms with E-state index in [2.05, 4.69) is 23.3 Å². The Kier molecular flexibility index (Phi) is 4.95. The lowest BCUT2D eigenvalue weighted by Crippen LogP contribution is -2.41. The Morgan fingerprint density at radius 3 is 3.05 bits per heavy atom. The molecule has 3 N–H and O–H groups in total.